The van der Waals surface area contributed by atoms with Crippen molar-refractivity contribution in [2.75, 3.05) is 56.7 Å². The van der Waals surface area contributed by atoms with Crippen LogP contribution in [-0.4, -0.2) is 79.3 Å². The monoisotopic (exact) mass is 348 g/mol. The average Bonchev–Trinajstić information content (AvgIpc) is 3.15. The van der Waals surface area contributed by atoms with Crippen molar-refractivity contribution < 1.29 is 9.53 Å². The first-order chi connectivity index (χ1) is 12.2. The first kappa shape index (κ1) is 17.9. The lowest BCUT2D eigenvalue weighted by Gasteiger charge is -2.31. The van der Waals surface area contributed by atoms with Gasteiger partial charge < -0.3 is 25.2 Å². The predicted octanol–water partition coefficient (Wildman–Crippen LogP) is 0.324. The Morgan fingerprint density at radius 3 is 2.92 bits per heavy atom. The minimum absolute atomic E-state index is 0.160. The molecule has 0 radical (unpaired) electrons. The lowest BCUT2D eigenvalue weighted by molar-refractivity contribution is -0.137. The van der Waals surface area contributed by atoms with Crippen molar-refractivity contribution in [3.8, 4) is 0 Å². The Morgan fingerprint density at radius 2 is 2.16 bits per heavy atom. The molecule has 1 aromatic heterocycles. The molecule has 0 saturated carbocycles. The van der Waals surface area contributed by atoms with E-state index in [4.69, 9.17) is 4.74 Å². The van der Waals surface area contributed by atoms with Crippen LogP contribution in [0.2, 0.25) is 0 Å². The van der Waals surface area contributed by atoms with E-state index < -0.39 is 0 Å². The van der Waals surface area contributed by atoms with E-state index in [2.05, 4.69) is 25.5 Å². The second kappa shape index (κ2) is 8.44. The Bertz CT molecular complexity index is 578. The number of aromatic nitrogens is 2. The van der Waals surface area contributed by atoms with Crippen LogP contribution >= 0.6 is 0 Å². The topological polar surface area (TPSA) is 82.6 Å². The number of morpholine rings is 1. The van der Waals surface area contributed by atoms with Crippen molar-refractivity contribution in [3.63, 3.8) is 0 Å². The third kappa shape index (κ3) is 4.38. The van der Waals surface area contributed by atoms with Gasteiger partial charge in [-0.1, -0.05) is 0 Å². The smallest absolute Gasteiger partial charge is 0.239 e. The molecule has 1 aromatic rings. The van der Waals surface area contributed by atoms with Gasteiger partial charge in [-0.15, -0.1) is 0 Å². The first-order valence-electron chi connectivity index (χ1n) is 9.05. The summed E-state index contributed by atoms with van der Waals surface area (Å²) in [7, 11) is 1.86. The van der Waals surface area contributed by atoms with Gasteiger partial charge in [0.05, 0.1) is 19.3 Å². The molecule has 8 nitrogen and oxygen atoms in total. The van der Waals surface area contributed by atoms with Crippen LogP contribution in [0.5, 0.6) is 0 Å². The molecule has 2 N–H and O–H groups in total. The molecule has 2 atom stereocenters. The number of rotatable bonds is 6. The van der Waals surface area contributed by atoms with Crippen molar-refractivity contribution in [1.82, 2.24) is 20.2 Å². The second-order valence-corrected chi connectivity index (χ2v) is 6.57. The molecule has 1 amide bonds. The Labute approximate surface area is 148 Å². The van der Waals surface area contributed by atoms with E-state index >= 15 is 0 Å². The molecule has 2 fully saturated rings. The second-order valence-electron chi connectivity index (χ2n) is 6.57. The van der Waals surface area contributed by atoms with Crippen molar-refractivity contribution in [2.45, 2.75) is 31.8 Å². The van der Waals surface area contributed by atoms with E-state index in [-0.39, 0.29) is 11.9 Å². The summed E-state index contributed by atoms with van der Waals surface area (Å²) in [5.41, 5.74) is 0. The summed E-state index contributed by atoms with van der Waals surface area (Å²) in [6.07, 6.45) is 3.83. The largest absolute Gasteiger partial charge is 0.378 e. The van der Waals surface area contributed by atoms with E-state index in [9.17, 15) is 4.79 Å². The molecule has 3 rings (SSSR count). The van der Waals surface area contributed by atoms with Crippen LogP contribution in [0, 0.1) is 0 Å². The summed E-state index contributed by atoms with van der Waals surface area (Å²) in [6.45, 7) is 6.35. The number of carbonyl (C=O) groups is 1. The SMILES string of the molecule is CNc1cc(N2CCC[C@H]2CN[C@@H](C)C(=O)N2CCOCC2)ncn1. The van der Waals surface area contributed by atoms with E-state index in [0.717, 1.165) is 37.6 Å². The van der Waals surface area contributed by atoms with Gasteiger partial charge in [0.2, 0.25) is 5.91 Å². The van der Waals surface area contributed by atoms with Crippen molar-refractivity contribution in [1.29, 1.82) is 0 Å². The summed E-state index contributed by atoms with van der Waals surface area (Å²) in [5.74, 6) is 1.92. The van der Waals surface area contributed by atoms with Crippen LogP contribution < -0.4 is 15.5 Å². The number of nitrogens with one attached hydrogen (secondary N) is 2. The predicted molar refractivity (Wildman–Crippen MR) is 96.8 cm³/mol. The summed E-state index contributed by atoms with van der Waals surface area (Å²) in [5, 5.41) is 6.47. The zero-order valence-electron chi connectivity index (χ0n) is 15.1. The maximum atomic E-state index is 12.5. The van der Waals surface area contributed by atoms with Gasteiger partial charge >= 0.3 is 0 Å². The van der Waals surface area contributed by atoms with Gasteiger partial charge in [-0.25, -0.2) is 9.97 Å². The Kier molecular flexibility index (Phi) is 6.04. The maximum Gasteiger partial charge on any atom is 0.239 e. The molecule has 0 aliphatic carbocycles. The van der Waals surface area contributed by atoms with Gasteiger partial charge in [-0.2, -0.15) is 0 Å². The van der Waals surface area contributed by atoms with Gasteiger partial charge in [-0.3, -0.25) is 4.79 Å². The minimum Gasteiger partial charge on any atom is -0.378 e. The quantitative estimate of drug-likeness (QED) is 0.766. The summed E-state index contributed by atoms with van der Waals surface area (Å²) < 4.78 is 5.31. The first-order valence-corrected chi connectivity index (χ1v) is 9.05. The lowest BCUT2D eigenvalue weighted by Crippen LogP contribution is -2.51. The fraction of sp³-hybridized carbons (Fsp3) is 0.706. The molecule has 0 bridgehead atoms. The van der Waals surface area contributed by atoms with Gasteiger partial charge in [-0.05, 0) is 19.8 Å². The Morgan fingerprint density at radius 1 is 1.36 bits per heavy atom. The number of ether oxygens (including phenoxy) is 1. The van der Waals surface area contributed by atoms with Gasteiger partial charge in [0, 0.05) is 45.3 Å². The number of hydrogen-bond donors (Lipinski definition) is 2. The molecule has 0 spiro atoms. The Hall–Kier alpha value is -1.93. The fourth-order valence-corrected chi connectivity index (χ4v) is 3.45. The molecule has 2 saturated heterocycles. The number of carbonyl (C=O) groups excluding carboxylic acids is 1. The highest BCUT2D eigenvalue weighted by Crippen LogP contribution is 2.24. The molecule has 2 aliphatic rings. The highest BCUT2D eigenvalue weighted by Gasteiger charge is 2.28. The summed E-state index contributed by atoms with van der Waals surface area (Å²) in [6, 6.07) is 2.14. The third-order valence-corrected chi connectivity index (χ3v) is 4.93. The zero-order valence-corrected chi connectivity index (χ0v) is 15.1. The molecule has 0 unspecified atom stereocenters. The number of anilines is 2. The average molecular weight is 348 g/mol. The molecule has 8 heteroatoms. The maximum absolute atomic E-state index is 12.5. The molecular weight excluding hydrogens is 320 g/mol. The highest BCUT2D eigenvalue weighted by atomic mass is 16.5. The normalized spacial score (nSPS) is 22.1. The van der Waals surface area contributed by atoms with Gasteiger partial charge in [0.25, 0.3) is 0 Å². The van der Waals surface area contributed by atoms with Crippen LogP contribution in [0.25, 0.3) is 0 Å². The molecule has 0 aromatic carbocycles. The van der Waals surface area contributed by atoms with E-state index in [0.29, 0.717) is 32.3 Å². The summed E-state index contributed by atoms with van der Waals surface area (Å²) >= 11 is 0. The van der Waals surface area contributed by atoms with Crippen LogP contribution in [0.1, 0.15) is 19.8 Å². The number of amides is 1. The van der Waals surface area contributed by atoms with Crippen molar-refractivity contribution in [2.24, 2.45) is 0 Å². The van der Waals surface area contributed by atoms with Crippen LogP contribution in [0.3, 0.4) is 0 Å². The van der Waals surface area contributed by atoms with E-state index in [1.165, 1.54) is 0 Å². The number of nitrogens with zero attached hydrogens (tertiary/aromatic N) is 4. The van der Waals surface area contributed by atoms with Crippen LogP contribution in [-0.2, 0) is 9.53 Å². The van der Waals surface area contributed by atoms with Crippen LogP contribution in [0.4, 0.5) is 11.6 Å². The van der Waals surface area contributed by atoms with Crippen molar-refractivity contribution in [3.05, 3.63) is 12.4 Å². The van der Waals surface area contributed by atoms with Gasteiger partial charge in [0.1, 0.15) is 18.0 Å². The van der Waals surface area contributed by atoms with E-state index in [1.807, 2.05) is 24.9 Å². The fourth-order valence-electron chi connectivity index (χ4n) is 3.45. The molecule has 2 aliphatic heterocycles. The minimum atomic E-state index is -0.182. The molecule has 25 heavy (non-hydrogen) atoms. The zero-order chi connectivity index (χ0) is 17.6. The highest BCUT2D eigenvalue weighted by molar-refractivity contribution is 5.81. The number of hydrogen-bond acceptors (Lipinski definition) is 7. The van der Waals surface area contributed by atoms with E-state index in [1.54, 1.807) is 6.33 Å². The van der Waals surface area contributed by atoms with Crippen LogP contribution in [0.15, 0.2) is 12.4 Å². The standard InChI is InChI=1S/C17H28N6O2/c1-13(17(24)22-6-8-25-9-7-22)19-11-14-4-3-5-23(14)16-10-15(18-2)20-12-21-16/h10,12-14,19H,3-9,11H2,1-2H3,(H,18,20,21)/t13-,14-/m0/s1. The molecule has 138 valence electrons. The lowest BCUT2D eigenvalue weighted by atomic mass is 10.2. The third-order valence-electron chi connectivity index (χ3n) is 4.93. The van der Waals surface area contributed by atoms with Crippen molar-refractivity contribution >= 4 is 17.5 Å². The van der Waals surface area contributed by atoms with Gasteiger partial charge in [0.15, 0.2) is 0 Å². The summed E-state index contributed by atoms with van der Waals surface area (Å²) in [4.78, 5) is 25.3. The molecule has 3 heterocycles. The molecular formula is C17H28N6O2. The Balaban J connectivity index is 1.55.